The van der Waals surface area contributed by atoms with Gasteiger partial charge in [-0.05, 0) is 93.8 Å². The Balaban J connectivity index is 0.000000198. The Morgan fingerprint density at radius 1 is 0.554 bits per heavy atom. The molecule has 2 aromatic heterocycles. The van der Waals surface area contributed by atoms with Crippen molar-refractivity contribution in [2.75, 3.05) is 40.5 Å². The van der Waals surface area contributed by atoms with Crippen LogP contribution in [0.25, 0.3) is 21.8 Å². The van der Waals surface area contributed by atoms with Crippen LogP contribution >= 0.6 is 0 Å². The van der Waals surface area contributed by atoms with Gasteiger partial charge in [0.1, 0.15) is 31.3 Å². The molecule has 7 rings (SSSR count). The number of likely N-dealkylation sites (N-methyl/N-ethyl adjacent to an activating group) is 1. The fraction of sp³-hybridized carbons (Fsp3) is 0.179. The standard InChI is InChI=1S/C22H20N2O6S2.C17H19N3O3S/c1-16-7-10-19(11-8-16)32(27,28)30-14-13-29-17-9-12-21-20(15-17)22(24-23-21)31(25,26)18-5-3-2-4-6-18;1-20(2)10-11-23-13-8-9-16-15(12-13)17(19-18-16)24(21,22)14-6-4-3-5-7-14/h2-12,15H,13-14H2,1H3,(H,23,24);3-9,12H,10-11H2,1-2H3,(H,18,19). The van der Waals surface area contributed by atoms with Crippen molar-refractivity contribution < 1.29 is 38.9 Å². The normalized spacial score (nSPS) is 12.1. The van der Waals surface area contributed by atoms with E-state index in [0.29, 0.717) is 39.9 Å². The number of fused-ring (bicyclic) bond motifs is 2. The van der Waals surface area contributed by atoms with E-state index in [0.717, 1.165) is 12.1 Å². The van der Waals surface area contributed by atoms with Crippen LogP contribution in [0.2, 0.25) is 0 Å². The Labute approximate surface area is 325 Å². The van der Waals surface area contributed by atoms with Gasteiger partial charge in [-0.15, -0.1) is 0 Å². The second-order valence-electron chi connectivity index (χ2n) is 12.7. The van der Waals surface area contributed by atoms with Gasteiger partial charge in [-0.1, -0.05) is 54.1 Å². The van der Waals surface area contributed by atoms with Crippen molar-refractivity contribution in [3.05, 3.63) is 127 Å². The molecule has 0 atom stereocenters. The topological polar surface area (TPSA) is 191 Å². The molecule has 7 aromatic rings. The van der Waals surface area contributed by atoms with Crippen LogP contribution in [0.15, 0.2) is 146 Å². The van der Waals surface area contributed by atoms with Crippen LogP contribution in [0.3, 0.4) is 0 Å². The maximum Gasteiger partial charge on any atom is 0.297 e. The molecule has 292 valence electrons. The molecule has 2 heterocycles. The van der Waals surface area contributed by atoms with Crippen molar-refractivity contribution in [2.24, 2.45) is 0 Å². The van der Waals surface area contributed by atoms with E-state index in [9.17, 15) is 25.3 Å². The van der Waals surface area contributed by atoms with Crippen molar-refractivity contribution in [1.82, 2.24) is 25.3 Å². The quantitative estimate of drug-likeness (QED) is 0.0989. The first kappa shape index (κ1) is 40.1. The van der Waals surface area contributed by atoms with Crippen LogP contribution in [0.5, 0.6) is 11.5 Å². The van der Waals surface area contributed by atoms with Gasteiger partial charge in [-0.3, -0.25) is 14.4 Å². The SMILES string of the molecule is CN(C)CCOc1ccc2n[nH]c(S(=O)(=O)c3ccccc3)c2c1.Cc1ccc(S(=O)(=O)OCCOc2ccc3n[nH]c(S(=O)(=O)c4ccccc4)c3c2)cc1. The van der Waals surface area contributed by atoms with E-state index >= 15 is 0 Å². The number of aromatic nitrogens is 4. The zero-order valence-electron chi connectivity index (χ0n) is 30.6. The molecule has 0 spiro atoms. The lowest BCUT2D eigenvalue weighted by atomic mass is 10.2. The molecular formula is C39H39N5O9S3. The molecule has 0 bridgehead atoms. The summed E-state index contributed by atoms with van der Waals surface area (Å²) in [5.74, 6) is 0.981. The Kier molecular flexibility index (Phi) is 12.2. The number of H-pyrrole nitrogens is 2. The van der Waals surface area contributed by atoms with E-state index in [2.05, 4.69) is 20.4 Å². The van der Waals surface area contributed by atoms with Gasteiger partial charge in [-0.25, -0.2) is 16.8 Å². The molecule has 0 saturated heterocycles. The third-order valence-electron chi connectivity index (χ3n) is 8.33. The summed E-state index contributed by atoms with van der Waals surface area (Å²) in [4.78, 5) is 2.46. The maximum absolute atomic E-state index is 12.9. The Morgan fingerprint density at radius 2 is 1.02 bits per heavy atom. The Bertz CT molecular complexity index is 2760. The van der Waals surface area contributed by atoms with Crippen molar-refractivity contribution in [3.8, 4) is 11.5 Å². The number of nitrogens with one attached hydrogen (secondary N) is 2. The first-order valence-corrected chi connectivity index (χ1v) is 21.6. The van der Waals surface area contributed by atoms with Crippen molar-refractivity contribution >= 4 is 51.6 Å². The average molecular weight is 818 g/mol. The minimum atomic E-state index is -3.89. The maximum atomic E-state index is 12.9. The van der Waals surface area contributed by atoms with Gasteiger partial charge < -0.3 is 14.4 Å². The lowest BCUT2D eigenvalue weighted by Crippen LogP contribution is -2.19. The number of aromatic amines is 2. The molecule has 0 saturated carbocycles. The highest BCUT2D eigenvalue weighted by molar-refractivity contribution is 7.92. The van der Waals surface area contributed by atoms with Gasteiger partial charge in [0.2, 0.25) is 19.7 Å². The summed E-state index contributed by atoms with van der Waals surface area (Å²) in [6.07, 6.45) is 0. The zero-order valence-corrected chi connectivity index (χ0v) is 33.1. The van der Waals surface area contributed by atoms with Gasteiger partial charge in [0.05, 0.1) is 25.7 Å². The molecule has 0 aliphatic rings. The molecule has 0 fully saturated rings. The van der Waals surface area contributed by atoms with Crippen LogP contribution in [0.1, 0.15) is 5.56 Å². The first-order chi connectivity index (χ1) is 26.8. The molecule has 14 nitrogen and oxygen atoms in total. The summed E-state index contributed by atoms with van der Waals surface area (Å²) < 4.78 is 92.3. The molecular weight excluding hydrogens is 779 g/mol. The van der Waals surface area contributed by atoms with Crippen molar-refractivity contribution in [3.63, 3.8) is 0 Å². The molecule has 5 aromatic carbocycles. The van der Waals surface area contributed by atoms with Gasteiger partial charge in [0.15, 0.2) is 10.1 Å². The molecule has 17 heteroatoms. The van der Waals surface area contributed by atoms with Gasteiger partial charge >= 0.3 is 0 Å². The summed E-state index contributed by atoms with van der Waals surface area (Å²) in [5.41, 5.74) is 1.99. The molecule has 56 heavy (non-hydrogen) atoms. The number of sulfone groups is 2. The third-order valence-corrected chi connectivity index (χ3v) is 13.1. The van der Waals surface area contributed by atoms with Gasteiger partial charge in [-0.2, -0.15) is 18.6 Å². The first-order valence-electron chi connectivity index (χ1n) is 17.2. The van der Waals surface area contributed by atoms with E-state index in [1.54, 1.807) is 97.1 Å². The van der Waals surface area contributed by atoms with E-state index in [1.165, 1.54) is 24.3 Å². The summed E-state index contributed by atoms with van der Waals surface area (Å²) in [5, 5.41) is 14.3. The predicted octanol–water partition coefficient (Wildman–Crippen LogP) is 5.82. The number of hydrogen-bond acceptors (Lipinski definition) is 12. The van der Waals surface area contributed by atoms with E-state index < -0.39 is 29.8 Å². The van der Waals surface area contributed by atoms with Crippen LogP contribution in [0.4, 0.5) is 0 Å². The van der Waals surface area contributed by atoms with E-state index in [4.69, 9.17) is 13.7 Å². The Morgan fingerprint density at radius 3 is 1.48 bits per heavy atom. The summed E-state index contributed by atoms with van der Waals surface area (Å²) in [6.45, 7) is 2.91. The zero-order chi connectivity index (χ0) is 39.9. The molecule has 0 amide bonds. The highest BCUT2D eigenvalue weighted by Crippen LogP contribution is 2.30. The van der Waals surface area contributed by atoms with Crippen molar-refractivity contribution in [2.45, 2.75) is 31.7 Å². The smallest absolute Gasteiger partial charge is 0.297 e. The lowest BCUT2D eigenvalue weighted by Gasteiger charge is -2.11. The number of ether oxygens (including phenoxy) is 2. The number of hydrogen-bond donors (Lipinski definition) is 2. The number of rotatable bonds is 14. The van der Waals surface area contributed by atoms with Crippen LogP contribution in [-0.4, -0.2) is 91.0 Å². The minimum absolute atomic E-state index is 0.0395. The number of aryl methyl sites for hydroxylation is 1. The van der Waals surface area contributed by atoms with Gasteiger partial charge in [0, 0.05) is 17.3 Å². The summed E-state index contributed by atoms with van der Waals surface area (Å²) >= 11 is 0. The lowest BCUT2D eigenvalue weighted by molar-refractivity contribution is 0.221. The van der Waals surface area contributed by atoms with E-state index in [1.807, 2.05) is 25.9 Å². The highest BCUT2D eigenvalue weighted by Gasteiger charge is 2.24. The monoisotopic (exact) mass is 817 g/mol. The van der Waals surface area contributed by atoms with Crippen LogP contribution in [-0.2, 0) is 34.0 Å². The molecule has 2 N–H and O–H groups in total. The van der Waals surface area contributed by atoms with Crippen LogP contribution in [0, 0.1) is 6.92 Å². The molecule has 0 aliphatic carbocycles. The summed E-state index contributed by atoms with van der Waals surface area (Å²) in [7, 11) is -7.41. The minimum Gasteiger partial charge on any atom is -0.492 e. The fourth-order valence-electron chi connectivity index (χ4n) is 5.38. The number of nitrogens with zero attached hydrogens (tertiary/aromatic N) is 3. The van der Waals surface area contributed by atoms with E-state index in [-0.39, 0.29) is 38.0 Å². The second-order valence-corrected chi connectivity index (χ2v) is 18.1. The Hall–Kier alpha value is -5.59. The molecule has 0 unspecified atom stereocenters. The third kappa shape index (κ3) is 9.26. The average Bonchev–Trinajstić information content (AvgIpc) is 3.83. The second kappa shape index (κ2) is 17.1. The van der Waals surface area contributed by atoms with Crippen molar-refractivity contribution in [1.29, 1.82) is 0 Å². The van der Waals surface area contributed by atoms with Gasteiger partial charge in [0.25, 0.3) is 10.1 Å². The highest BCUT2D eigenvalue weighted by atomic mass is 32.2. The fourth-order valence-corrected chi connectivity index (χ4v) is 9.01. The molecule has 0 aliphatic heterocycles. The molecule has 0 radical (unpaired) electrons. The predicted molar refractivity (Wildman–Crippen MR) is 210 cm³/mol. The summed E-state index contributed by atoms with van der Waals surface area (Å²) in [6, 6.07) is 32.7. The number of benzene rings is 5. The van der Waals surface area contributed by atoms with Crippen LogP contribution < -0.4 is 9.47 Å². The largest absolute Gasteiger partial charge is 0.492 e.